The molecular weight excluding hydrogens is 621 g/mol. The number of carbonyl (C=O) groups is 1. The Labute approximate surface area is 265 Å². The molecule has 7 nitrogen and oxygen atoms in total. The van der Waals surface area contributed by atoms with Gasteiger partial charge in [0.25, 0.3) is 0 Å². The van der Waals surface area contributed by atoms with Gasteiger partial charge in [0.1, 0.15) is 0 Å². The summed E-state index contributed by atoms with van der Waals surface area (Å²) in [5, 5.41) is 0. The fourth-order valence-electron chi connectivity index (χ4n) is 3.85. The van der Waals surface area contributed by atoms with Crippen molar-refractivity contribution in [1.29, 1.82) is 0 Å². The van der Waals surface area contributed by atoms with Crippen LogP contribution >= 0.6 is 0 Å². The molecule has 0 amide bonds. The van der Waals surface area contributed by atoms with Crippen LogP contribution in [0.4, 0.5) is 0 Å². The van der Waals surface area contributed by atoms with Crippen molar-refractivity contribution >= 4 is 5.78 Å². The zero-order valence-corrected chi connectivity index (χ0v) is 25.8. The molecule has 216 valence electrons. The van der Waals surface area contributed by atoms with Gasteiger partial charge in [-0.25, -0.2) is 0 Å². The van der Waals surface area contributed by atoms with Gasteiger partial charge in [-0.1, -0.05) is 31.2 Å². The fraction of sp³-hybridized carbons (Fsp3) is 0.114. The van der Waals surface area contributed by atoms with Gasteiger partial charge >= 0.3 is 0 Å². The zero-order valence-electron chi connectivity index (χ0n) is 24.1. The summed E-state index contributed by atoms with van der Waals surface area (Å²) in [6, 6.07) is 30.7. The van der Waals surface area contributed by atoms with Crippen LogP contribution in [0.5, 0.6) is 0 Å². The van der Waals surface area contributed by atoms with Crippen molar-refractivity contribution in [2.75, 3.05) is 0 Å². The molecule has 0 radical (unpaired) electrons. The van der Waals surface area contributed by atoms with E-state index in [0.717, 1.165) is 46.1 Å². The summed E-state index contributed by atoms with van der Waals surface area (Å²) in [5.41, 5.74) is 7.06. The van der Waals surface area contributed by atoms with Gasteiger partial charge in [-0.15, -0.1) is 0 Å². The summed E-state index contributed by atoms with van der Waals surface area (Å²) in [6.07, 6.45) is 11.9. The number of nitrogens with zero attached hydrogens (tertiary/aromatic N) is 6. The SMILES string of the molecule is CCCC(=O)c1ccnc(-c2cc(C)ccn2)c1.[Ru].c1ccc(-c2ccccn2)nc1.c1ccc(-c2ccccn2)nc1. The normalized spacial score (nSPS) is 9.72. The molecule has 6 aromatic heterocycles. The summed E-state index contributed by atoms with van der Waals surface area (Å²) in [4.78, 5) is 37.2. The van der Waals surface area contributed by atoms with Crippen molar-refractivity contribution in [3.8, 4) is 34.2 Å². The van der Waals surface area contributed by atoms with Crippen molar-refractivity contribution in [3.05, 3.63) is 145 Å². The Morgan fingerprint density at radius 3 is 1.28 bits per heavy atom. The minimum atomic E-state index is 0. The Morgan fingerprint density at radius 1 is 0.512 bits per heavy atom. The van der Waals surface area contributed by atoms with Gasteiger partial charge in [0.05, 0.1) is 34.2 Å². The second-order valence-corrected chi connectivity index (χ2v) is 9.18. The fourth-order valence-corrected chi connectivity index (χ4v) is 3.85. The molecule has 0 bridgehead atoms. The maximum atomic E-state index is 11.8. The zero-order chi connectivity index (χ0) is 29.4. The van der Waals surface area contributed by atoms with E-state index in [4.69, 9.17) is 0 Å². The topological polar surface area (TPSA) is 94.4 Å². The molecule has 6 heterocycles. The second kappa shape index (κ2) is 17.9. The Morgan fingerprint density at radius 2 is 0.907 bits per heavy atom. The molecule has 0 saturated heterocycles. The molecular formula is C35H32N6ORu. The van der Waals surface area contributed by atoms with E-state index in [1.54, 1.807) is 43.2 Å². The van der Waals surface area contributed by atoms with Crippen molar-refractivity contribution in [2.24, 2.45) is 0 Å². The van der Waals surface area contributed by atoms with E-state index >= 15 is 0 Å². The smallest absolute Gasteiger partial charge is 0.162 e. The molecule has 0 unspecified atom stereocenters. The van der Waals surface area contributed by atoms with Crippen LogP contribution in [0.3, 0.4) is 0 Å². The Hall–Kier alpha value is -4.81. The van der Waals surface area contributed by atoms with Crippen molar-refractivity contribution in [1.82, 2.24) is 29.9 Å². The van der Waals surface area contributed by atoms with Crippen LogP contribution in [0.2, 0.25) is 0 Å². The third-order valence-electron chi connectivity index (χ3n) is 5.92. The first-order chi connectivity index (χ1) is 20.6. The first-order valence-electron chi connectivity index (χ1n) is 13.7. The largest absolute Gasteiger partial charge is 0.294 e. The van der Waals surface area contributed by atoms with Crippen LogP contribution in [0.1, 0.15) is 35.7 Å². The number of carbonyl (C=O) groups excluding carboxylic acids is 1. The van der Waals surface area contributed by atoms with Crippen molar-refractivity contribution < 1.29 is 24.3 Å². The van der Waals surface area contributed by atoms with Crippen molar-refractivity contribution in [3.63, 3.8) is 0 Å². The summed E-state index contributed by atoms with van der Waals surface area (Å²) in [6.45, 7) is 4.01. The summed E-state index contributed by atoms with van der Waals surface area (Å²) in [7, 11) is 0. The average molecular weight is 654 g/mol. The van der Waals surface area contributed by atoms with Crippen LogP contribution in [-0.4, -0.2) is 35.7 Å². The maximum absolute atomic E-state index is 11.8. The molecule has 0 aromatic carbocycles. The van der Waals surface area contributed by atoms with Crippen LogP contribution in [0.25, 0.3) is 34.2 Å². The number of Topliss-reactive ketones (excluding diaryl/α,β-unsaturated/α-hetero) is 1. The Bertz CT molecular complexity index is 1500. The minimum absolute atomic E-state index is 0. The van der Waals surface area contributed by atoms with E-state index in [2.05, 4.69) is 29.9 Å². The predicted molar refractivity (Wildman–Crippen MR) is 166 cm³/mol. The molecule has 6 rings (SSSR count). The van der Waals surface area contributed by atoms with Gasteiger partial charge in [0.15, 0.2) is 5.78 Å². The first kappa shape index (κ1) is 32.7. The second-order valence-electron chi connectivity index (χ2n) is 9.18. The monoisotopic (exact) mass is 654 g/mol. The molecule has 0 aliphatic rings. The first-order valence-corrected chi connectivity index (χ1v) is 13.7. The molecule has 0 spiro atoms. The third kappa shape index (κ3) is 10.5. The van der Waals surface area contributed by atoms with Crippen LogP contribution in [-0.2, 0) is 19.5 Å². The van der Waals surface area contributed by atoms with Gasteiger partial charge in [-0.3, -0.25) is 34.7 Å². The van der Waals surface area contributed by atoms with Gasteiger partial charge < -0.3 is 0 Å². The van der Waals surface area contributed by atoms with Gasteiger partial charge in [-0.2, -0.15) is 0 Å². The van der Waals surface area contributed by atoms with E-state index < -0.39 is 0 Å². The summed E-state index contributed by atoms with van der Waals surface area (Å²) >= 11 is 0. The van der Waals surface area contributed by atoms with E-state index in [0.29, 0.717) is 12.0 Å². The Kier molecular flexibility index (Phi) is 13.6. The molecule has 6 aromatic rings. The van der Waals surface area contributed by atoms with E-state index in [9.17, 15) is 4.79 Å². The predicted octanol–water partition coefficient (Wildman–Crippen LogP) is 7.72. The molecule has 0 atom stereocenters. The van der Waals surface area contributed by atoms with E-state index in [1.165, 1.54) is 0 Å². The average Bonchev–Trinajstić information content (AvgIpc) is 3.07. The Balaban J connectivity index is 0.000000180. The van der Waals surface area contributed by atoms with Crippen LogP contribution in [0.15, 0.2) is 134 Å². The summed E-state index contributed by atoms with van der Waals surface area (Å²) in [5.74, 6) is 0.161. The van der Waals surface area contributed by atoms with Gasteiger partial charge in [0.2, 0.25) is 0 Å². The molecule has 0 aliphatic heterocycles. The minimum Gasteiger partial charge on any atom is -0.294 e. The molecule has 0 aliphatic carbocycles. The van der Waals surface area contributed by atoms with Crippen molar-refractivity contribution in [2.45, 2.75) is 26.7 Å². The number of hydrogen-bond acceptors (Lipinski definition) is 7. The van der Waals surface area contributed by atoms with Gasteiger partial charge in [0, 0.05) is 68.6 Å². The molecule has 0 saturated carbocycles. The molecule has 43 heavy (non-hydrogen) atoms. The quantitative estimate of drug-likeness (QED) is 0.134. The molecule has 0 N–H and O–H groups in total. The van der Waals surface area contributed by atoms with E-state index in [-0.39, 0.29) is 25.3 Å². The third-order valence-corrected chi connectivity index (χ3v) is 5.92. The molecule has 8 heteroatoms. The number of pyridine rings is 6. The van der Waals surface area contributed by atoms with Crippen LogP contribution in [0, 0.1) is 6.92 Å². The number of aromatic nitrogens is 6. The van der Waals surface area contributed by atoms with E-state index in [1.807, 2.05) is 105 Å². The standard InChI is InChI=1S/C15H16N2O.2C10H8N2.Ru/c1-3-4-15(18)12-6-8-17-14(10-12)13-9-11(2)5-7-16-13;2*1-3-7-11-9(5-1)10-6-2-4-8-12-10;/h5-10H,3-4H2,1-2H3;2*1-8H;. The summed E-state index contributed by atoms with van der Waals surface area (Å²) < 4.78 is 0. The number of hydrogen-bond donors (Lipinski definition) is 0. The number of ketones is 1. The number of rotatable bonds is 6. The maximum Gasteiger partial charge on any atom is 0.162 e. The van der Waals surface area contributed by atoms with Gasteiger partial charge in [-0.05, 0) is 91.7 Å². The van der Waals surface area contributed by atoms with Crippen LogP contribution < -0.4 is 0 Å². The number of aryl methyl sites for hydroxylation is 1. The molecule has 0 fully saturated rings.